The predicted octanol–water partition coefficient (Wildman–Crippen LogP) is 2.51. The largest absolute Gasteiger partial charge is 0.334 e. The van der Waals surface area contributed by atoms with Gasteiger partial charge in [0.05, 0.1) is 4.90 Å². The molecule has 22 heavy (non-hydrogen) atoms. The van der Waals surface area contributed by atoms with E-state index in [0.717, 1.165) is 11.3 Å². The third-order valence-electron chi connectivity index (χ3n) is 3.11. The molecule has 0 amide bonds. The Morgan fingerprint density at radius 2 is 1.77 bits per heavy atom. The smallest absolute Gasteiger partial charge is 0.258 e. The molecule has 0 bridgehead atoms. The van der Waals surface area contributed by atoms with Crippen molar-refractivity contribution in [3.8, 4) is 22.8 Å². The molecule has 0 N–H and O–H groups in total. The number of pyridine rings is 1. The summed E-state index contributed by atoms with van der Waals surface area (Å²) in [5.74, 6) is 0.803. The highest BCUT2D eigenvalue weighted by Crippen LogP contribution is 2.23. The van der Waals surface area contributed by atoms with Crippen LogP contribution in [0.25, 0.3) is 22.8 Å². The molecule has 0 aliphatic carbocycles. The maximum absolute atomic E-state index is 11.4. The molecule has 7 heteroatoms. The normalized spacial score (nSPS) is 11.5. The summed E-state index contributed by atoms with van der Waals surface area (Å²) in [7, 11) is -3.22. The van der Waals surface area contributed by atoms with Gasteiger partial charge in [0, 0.05) is 29.3 Å². The standard InChI is InChI=1S/C15H13N3O3S/c1-10-9-12(7-8-16-10)15-17-14(18-21-15)11-3-5-13(6-4-11)22(2,19)20/h3-9H,1-2H3. The molecule has 2 heterocycles. The molecule has 6 nitrogen and oxygen atoms in total. The number of benzene rings is 1. The Labute approximate surface area is 127 Å². The maximum Gasteiger partial charge on any atom is 0.258 e. The van der Waals surface area contributed by atoms with Crippen LogP contribution < -0.4 is 0 Å². The minimum atomic E-state index is -3.22. The SMILES string of the molecule is Cc1cc(-c2nc(-c3ccc(S(C)(=O)=O)cc3)no2)ccn1. The fraction of sp³-hybridized carbons (Fsp3) is 0.133. The van der Waals surface area contributed by atoms with E-state index in [-0.39, 0.29) is 4.90 Å². The summed E-state index contributed by atoms with van der Waals surface area (Å²) in [5.41, 5.74) is 2.34. The van der Waals surface area contributed by atoms with Crippen molar-refractivity contribution in [3.63, 3.8) is 0 Å². The van der Waals surface area contributed by atoms with E-state index in [1.807, 2.05) is 13.0 Å². The first-order valence-electron chi connectivity index (χ1n) is 6.51. The van der Waals surface area contributed by atoms with E-state index in [9.17, 15) is 8.42 Å². The van der Waals surface area contributed by atoms with Crippen LogP contribution in [0.15, 0.2) is 52.0 Å². The second-order valence-corrected chi connectivity index (χ2v) is 6.92. The number of sulfone groups is 1. The lowest BCUT2D eigenvalue weighted by Gasteiger charge is -1.98. The zero-order valence-corrected chi connectivity index (χ0v) is 12.8. The number of aryl methyl sites for hydroxylation is 1. The number of hydrogen-bond donors (Lipinski definition) is 0. The molecule has 2 aromatic heterocycles. The van der Waals surface area contributed by atoms with E-state index in [1.54, 1.807) is 24.4 Å². The van der Waals surface area contributed by atoms with Gasteiger partial charge in [-0.3, -0.25) is 4.98 Å². The molecule has 1 aromatic carbocycles. The monoisotopic (exact) mass is 315 g/mol. The number of hydrogen-bond acceptors (Lipinski definition) is 6. The Balaban J connectivity index is 1.94. The molecular weight excluding hydrogens is 302 g/mol. The van der Waals surface area contributed by atoms with Crippen molar-refractivity contribution >= 4 is 9.84 Å². The van der Waals surface area contributed by atoms with Gasteiger partial charge in [-0.2, -0.15) is 4.98 Å². The molecule has 0 spiro atoms. The number of aromatic nitrogens is 3. The van der Waals surface area contributed by atoms with Crippen molar-refractivity contribution in [2.45, 2.75) is 11.8 Å². The van der Waals surface area contributed by atoms with Crippen LogP contribution in [0.4, 0.5) is 0 Å². The molecule has 0 saturated heterocycles. The quantitative estimate of drug-likeness (QED) is 0.738. The first kappa shape index (κ1) is 14.4. The van der Waals surface area contributed by atoms with Gasteiger partial charge in [0.2, 0.25) is 5.82 Å². The first-order chi connectivity index (χ1) is 10.4. The first-order valence-corrected chi connectivity index (χ1v) is 8.40. The molecule has 112 valence electrons. The zero-order valence-electron chi connectivity index (χ0n) is 12.0. The Morgan fingerprint density at radius 3 is 2.41 bits per heavy atom. The highest BCUT2D eigenvalue weighted by molar-refractivity contribution is 7.90. The van der Waals surface area contributed by atoms with Crippen LogP contribution in [0.3, 0.4) is 0 Å². The number of rotatable bonds is 3. The predicted molar refractivity (Wildman–Crippen MR) is 80.8 cm³/mol. The van der Waals surface area contributed by atoms with Crippen LogP contribution in [0, 0.1) is 6.92 Å². The van der Waals surface area contributed by atoms with Gasteiger partial charge in [-0.1, -0.05) is 5.16 Å². The summed E-state index contributed by atoms with van der Waals surface area (Å²) in [5, 5.41) is 3.93. The van der Waals surface area contributed by atoms with E-state index in [4.69, 9.17) is 4.52 Å². The fourth-order valence-electron chi connectivity index (χ4n) is 1.99. The molecular formula is C15H13N3O3S. The minimum absolute atomic E-state index is 0.254. The fourth-order valence-corrected chi connectivity index (χ4v) is 2.62. The molecule has 0 fully saturated rings. The minimum Gasteiger partial charge on any atom is -0.334 e. The average Bonchev–Trinajstić information content (AvgIpc) is 2.96. The van der Waals surface area contributed by atoms with E-state index >= 15 is 0 Å². The van der Waals surface area contributed by atoms with Crippen LogP contribution >= 0.6 is 0 Å². The van der Waals surface area contributed by atoms with Crippen molar-refractivity contribution in [3.05, 3.63) is 48.3 Å². The van der Waals surface area contributed by atoms with E-state index in [2.05, 4.69) is 15.1 Å². The second kappa shape index (κ2) is 5.34. The molecule has 0 aliphatic heterocycles. The Morgan fingerprint density at radius 1 is 1.05 bits per heavy atom. The topological polar surface area (TPSA) is 86.0 Å². The maximum atomic E-state index is 11.4. The van der Waals surface area contributed by atoms with Crippen molar-refractivity contribution in [2.24, 2.45) is 0 Å². The molecule has 3 aromatic rings. The van der Waals surface area contributed by atoms with Crippen LogP contribution in [0.2, 0.25) is 0 Å². The van der Waals surface area contributed by atoms with Gasteiger partial charge in [0.1, 0.15) is 0 Å². The summed E-state index contributed by atoms with van der Waals surface area (Å²) in [6, 6.07) is 10.0. The van der Waals surface area contributed by atoms with Gasteiger partial charge >= 0.3 is 0 Å². The summed E-state index contributed by atoms with van der Waals surface area (Å²) >= 11 is 0. The van der Waals surface area contributed by atoms with Crippen LogP contribution in [-0.2, 0) is 9.84 Å². The highest BCUT2D eigenvalue weighted by atomic mass is 32.2. The van der Waals surface area contributed by atoms with Crippen molar-refractivity contribution < 1.29 is 12.9 Å². The van der Waals surface area contributed by atoms with Gasteiger partial charge in [0.15, 0.2) is 9.84 Å². The molecule has 0 unspecified atom stereocenters. The Kier molecular flexibility index (Phi) is 3.50. The van der Waals surface area contributed by atoms with Crippen LogP contribution in [0.1, 0.15) is 5.69 Å². The Bertz CT molecular complexity index is 915. The average molecular weight is 315 g/mol. The molecule has 0 aliphatic rings. The summed E-state index contributed by atoms with van der Waals surface area (Å²) < 4.78 is 28.1. The second-order valence-electron chi connectivity index (χ2n) is 4.91. The third-order valence-corrected chi connectivity index (χ3v) is 4.24. The lowest BCUT2D eigenvalue weighted by molar-refractivity contribution is 0.432. The van der Waals surface area contributed by atoms with E-state index in [0.29, 0.717) is 17.3 Å². The lowest BCUT2D eigenvalue weighted by Crippen LogP contribution is -1.96. The zero-order chi connectivity index (χ0) is 15.7. The molecule has 0 atom stereocenters. The van der Waals surface area contributed by atoms with Crippen molar-refractivity contribution in [1.82, 2.24) is 15.1 Å². The summed E-state index contributed by atoms with van der Waals surface area (Å²) in [6.45, 7) is 1.88. The van der Waals surface area contributed by atoms with Gasteiger partial charge < -0.3 is 4.52 Å². The van der Waals surface area contributed by atoms with Crippen molar-refractivity contribution in [1.29, 1.82) is 0 Å². The molecule has 3 rings (SSSR count). The number of nitrogens with zero attached hydrogens (tertiary/aromatic N) is 3. The Hall–Kier alpha value is -2.54. The summed E-state index contributed by atoms with van der Waals surface area (Å²) in [6.07, 6.45) is 2.84. The van der Waals surface area contributed by atoms with Crippen molar-refractivity contribution in [2.75, 3.05) is 6.26 Å². The van der Waals surface area contributed by atoms with Crippen LogP contribution in [-0.4, -0.2) is 29.8 Å². The summed E-state index contributed by atoms with van der Waals surface area (Å²) in [4.78, 5) is 8.70. The van der Waals surface area contributed by atoms with Gasteiger partial charge in [-0.25, -0.2) is 8.42 Å². The van der Waals surface area contributed by atoms with Gasteiger partial charge in [-0.05, 0) is 43.3 Å². The molecule has 0 radical (unpaired) electrons. The van der Waals surface area contributed by atoms with Crippen LogP contribution in [0.5, 0.6) is 0 Å². The van der Waals surface area contributed by atoms with E-state index < -0.39 is 9.84 Å². The molecule has 0 saturated carbocycles. The van der Waals surface area contributed by atoms with Gasteiger partial charge in [0.25, 0.3) is 5.89 Å². The lowest BCUT2D eigenvalue weighted by atomic mass is 10.2. The van der Waals surface area contributed by atoms with Gasteiger partial charge in [-0.15, -0.1) is 0 Å². The van der Waals surface area contributed by atoms with E-state index in [1.165, 1.54) is 18.4 Å². The third kappa shape index (κ3) is 2.89. The highest BCUT2D eigenvalue weighted by Gasteiger charge is 2.12.